The predicted molar refractivity (Wildman–Crippen MR) is 206 cm³/mol. The van der Waals surface area contributed by atoms with E-state index in [4.69, 9.17) is 0 Å². The van der Waals surface area contributed by atoms with E-state index in [9.17, 15) is 19.5 Å². The van der Waals surface area contributed by atoms with Gasteiger partial charge in [0, 0.05) is 17.3 Å². The molecule has 6 atom stereocenters. The molecule has 5 aromatic rings. The van der Waals surface area contributed by atoms with Crippen molar-refractivity contribution < 1.29 is 24.3 Å². The summed E-state index contributed by atoms with van der Waals surface area (Å²) in [5.41, 5.74) is 7.75. The molecule has 1 saturated carbocycles. The van der Waals surface area contributed by atoms with Crippen LogP contribution >= 0.6 is 0 Å². The summed E-state index contributed by atoms with van der Waals surface area (Å²) in [5, 5.41) is 15.3. The molecule has 6 unspecified atom stereocenters. The lowest BCUT2D eigenvalue weighted by Crippen LogP contribution is -2.53. The molecule has 2 aliphatic carbocycles. The Morgan fingerprint density at radius 1 is 0.685 bits per heavy atom. The van der Waals surface area contributed by atoms with Gasteiger partial charge >= 0.3 is 0 Å². The fourth-order valence-electron chi connectivity index (χ4n) is 9.46. The molecule has 9 nitrogen and oxygen atoms in total. The average Bonchev–Trinajstić information content (AvgIpc) is 3.57. The molecular formula is C45H38N4O5. The molecule has 2 heterocycles. The number of phenolic OH excluding ortho intramolecular Hbond substituents is 1. The Morgan fingerprint density at radius 3 is 2.06 bits per heavy atom. The third-order valence-corrected chi connectivity index (χ3v) is 11.8. The van der Waals surface area contributed by atoms with Crippen LogP contribution in [0.4, 0.5) is 22.7 Å². The van der Waals surface area contributed by atoms with Gasteiger partial charge in [0.25, 0.3) is 11.8 Å². The second-order valence-electron chi connectivity index (χ2n) is 14.7. The standard InChI is InChI=1S/C45H38N4O5/c1-27-15-17-32(18-16-27)47-49-42(52)38-26-37-35(40(28-9-8-14-34(50)25-28)45(38,44(49)54)29-10-4-2-5-11-29)23-24-36-39(37)43(53)48(41(36)51)33-21-19-31(20-22-33)46-30-12-6-3-7-13-30/h2-23,25,36-40,46-47,50H,24,26H2,1H3. The molecule has 0 spiro atoms. The summed E-state index contributed by atoms with van der Waals surface area (Å²) < 4.78 is 0. The van der Waals surface area contributed by atoms with Crippen molar-refractivity contribution in [3.05, 3.63) is 162 Å². The molecule has 3 fully saturated rings. The van der Waals surface area contributed by atoms with Gasteiger partial charge in [0.1, 0.15) is 5.75 Å². The zero-order valence-electron chi connectivity index (χ0n) is 29.6. The van der Waals surface area contributed by atoms with Crippen LogP contribution in [0.15, 0.2) is 145 Å². The van der Waals surface area contributed by atoms with Gasteiger partial charge in [-0.25, -0.2) is 0 Å². The van der Waals surface area contributed by atoms with Gasteiger partial charge in [0.15, 0.2) is 0 Å². The number of hydrogen-bond donors (Lipinski definition) is 3. The number of carbonyl (C=O) groups is 4. The number of imide groups is 2. The van der Waals surface area contributed by atoms with E-state index in [1.807, 2.05) is 116 Å². The summed E-state index contributed by atoms with van der Waals surface area (Å²) >= 11 is 0. The fraction of sp³-hybridized carbons (Fsp3) is 0.200. The number of nitrogens with one attached hydrogen (secondary N) is 2. The van der Waals surface area contributed by atoms with Crippen LogP contribution in [0, 0.1) is 30.6 Å². The number of amides is 4. The average molecular weight is 715 g/mol. The highest BCUT2D eigenvalue weighted by atomic mass is 16.3. The van der Waals surface area contributed by atoms with Crippen molar-refractivity contribution in [1.82, 2.24) is 5.01 Å². The van der Waals surface area contributed by atoms with E-state index in [-0.39, 0.29) is 24.0 Å². The van der Waals surface area contributed by atoms with Crippen LogP contribution in [0.2, 0.25) is 0 Å². The van der Waals surface area contributed by atoms with E-state index in [2.05, 4.69) is 10.7 Å². The van der Waals surface area contributed by atoms with E-state index in [0.29, 0.717) is 28.9 Å². The number of rotatable bonds is 7. The minimum absolute atomic E-state index is 0.0265. The van der Waals surface area contributed by atoms with Gasteiger partial charge in [0.2, 0.25) is 11.8 Å². The Bertz CT molecular complexity index is 2330. The number of nitrogens with zero attached hydrogens (tertiary/aromatic N) is 2. The quantitative estimate of drug-likeness (QED) is 0.117. The summed E-state index contributed by atoms with van der Waals surface area (Å²) in [6, 6.07) is 40.7. The van der Waals surface area contributed by atoms with Crippen LogP contribution in [0.25, 0.3) is 0 Å². The Hall–Kier alpha value is -6.48. The van der Waals surface area contributed by atoms with Gasteiger partial charge in [0.05, 0.1) is 34.5 Å². The van der Waals surface area contributed by atoms with Crippen molar-refractivity contribution >= 4 is 46.4 Å². The Balaban J connectivity index is 1.14. The summed E-state index contributed by atoms with van der Waals surface area (Å²) in [6.45, 7) is 1.96. The highest BCUT2D eigenvalue weighted by molar-refractivity contribution is 6.22. The largest absolute Gasteiger partial charge is 0.508 e. The topological polar surface area (TPSA) is 119 Å². The molecule has 4 aliphatic rings. The van der Waals surface area contributed by atoms with E-state index < -0.39 is 46.8 Å². The third kappa shape index (κ3) is 5.14. The van der Waals surface area contributed by atoms with Crippen LogP contribution in [0.1, 0.15) is 35.4 Å². The van der Waals surface area contributed by atoms with Gasteiger partial charge < -0.3 is 10.4 Å². The lowest BCUT2D eigenvalue weighted by molar-refractivity contribution is -0.138. The summed E-state index contributed by atoms with van der Waals surface area (Å²) in [5.74, 6) is -4.78. The fourth-order valence-corrected chi connectivity index (χ4v) is 9.46. The lowest BCUT2D eigenvalue weighted by atomic mass is 9.49. The van der Waals surface area contributed by atoms with Gasteiger partial charge in [-0.3, -0.25) is 29.5 Å². The SMILES string of the molecule is Cc1ccc(NN2C(=O)C3CC4C(=CCC5C(=O)N(c6ccc(Nc7ccccc7)cc6)C(=O)C54)C(c4cccc(O)c4)C3(c3ccccc3)C2=O)cc1. The van der Waals surface area contributed by atoms with Gasteiger partial charge in [-0.1, -0.05) is 90.0 Å². The Labute approximate surface area is 312 Å². The van der Waals surface area contributed by atoms with Crippen molar-refractivity contribution in [2.24, 2.45) is 23.7 Å². The van der Waals surface area contributed by atoms with Crippen molar-refractivity contribution in [1.29, 1.82) is 0 Å². The van der Waals surface area contributed by atoms with Crippen LogP contribution in [-0.4, -0.2) is 33.7 Å². The molecule has 4 amide bonds. The lowest BCUT2D eigenvalue weighted by Gasteiger charge is -2.50. The maximum Gasteiger partial charge on any atom is 0.260 e. The van der Waals surface area contributed by atoms with Crippen molar-refractivity contribution in [3.8, 4) is 5.75 Å². The maximum atomic E-state index is 15.2. The molecule has 9 rings (SSSR count). The summed E-state index contributed by atoms with van der Waals surface area (Å²) in [7, 11) is 0. The van der Waals surface area contributed by atoms with Crippen molar-refractivity contribution in [2.45, 2.75) is 31.1 Å². The normalized spacial score (nSPS) is 25.9. The first-order valence-corrected chi connectivity index (χ1v) is 18.3. The molecule has 2 saturated heterocycles. The number of benzene rings is 5. The van der Waals surface area contributed by atoms with Crippen molar-refractivity contribution in [2.75, 3.05) is 15.6 Å². The van der Waals surface area contributed by atoms with Crippen LogP contribution in [0.3, 0.4) is 0 Å². The van der Waals surface area contributed by atoms with E-state index >= 15 is 4.79 Å². The third-order valence-electron chi connectivity index (χ3n) is 11.8. The highest BCUT2D eigenvalue weighted by Crippen LogP contribution is 2.64. The van der Waals surface area contributed by atoms with E-state index in [0.717, 1.165) is 27.5 Å². The number of hydrazine groups is 1. The van der Waals surface area contributed by atoms with Crippen LogP contribution in [-0.2, 0) is 24.6 Å². The Kier molecular flexibility index (Phi) is 7.96. The molecule has 0 aromatic heterocycles. The second-order valence-corrected chi connectivity index (χ2v) is 14.7. The van der Waals surface area contributed by atoms with Crippen LogP contribution < -0.4 is 15.6 Å². The first-order chi connectivity index (χ1) is 26.3. The number of allylic oxidation sites excluding steroid dienone is 2. The first-order valence-electron chi connectivity index (χ1n) is 18.3. The molecule has 3 N–H and O–H groups in total. The highest BCUT2D eigenvalue weighted by Gasteiger charge is 2.70. The number of phenols is 1. The number of aromatic hydroxyl groups is 1. The molecule has 268 valence electrons. The smallest absolute Gasteiger partial charge is 0.260 e. The van der Waals surface area contributed by atoms with Crippen LogP contribution in [0.5, 0.6) is 5.75 Å². The molecule has 54 heavy (non-hydrogen) atoms. The molecule has 2 aliphatic heterocycles. The zero-order chi connectivity index (χ0) is 37.1. The number of para-hydroxylation sites is 1. The van der Waals surface area contributed by atoms with E-state index in [1.54, 1.807) is 30.3 Å². The summed E-state index contributed by atoms with van der Waals surface area (Å²) in [4.78, 5) is 60.2. The number of hydrogen-bond acceptors (Lipinski definition) is 7. The monoisotopic (exact) mass is 714 g/mol. The minimum atomic E-state index is -1.40. The first kappa shape index (κ1) is 33.4. The molecule has 0 radical (unpaired) electrons. The Morgan fingerprint density at radius 2 is 1.35 bits per heavy atom. The van der Waals surface area contributed by atoms with Gasteiger partial charge in [-0.15, -0.1) is 0 Å². The summed E-state index contributed by atoms with van der Waals surface area (Å²) in [6.07, 6.45) is 2.53. The predicted octanol–water partition coefficient (Wildman–Crippen LogP) is 7.63. The number of fused-ring (bicyclic) bond motifs is 4. The van der Waals surface area contributed by atoms with Gasteiger partial charge in [-0.2, -0.15) is 5.01 Å². The number of anilines is 4. The van der Waals surface area contributed by atoms with Gasteiger partial charge in [-0.05, 0) is 97.5 Å². The number of aryl methyl sites for hydroxylation is 1. The maximum absolute atomic E-state index is 15.2. The van der Waals surface area contributed by atoms with Crippen molar-refractivity contribution in [3.63, 3.8) is 0 Å². The molecule has 9 heteroatoms. The molecule has 0 bridgehead atoms. The zero-order valence-corrected chi connectivity index (χ0v) is 29.6. The molecule has 5 aromatic carbocycles. The number of carbonyl (C=O) groups excluding carboxylic acids is 4. The van der Waals surface area contributed by atoms with E-state index in [1.165, 1.54) is 4.90 Å². The molecular weight excluding hydrogens is 677 g/mol. The minimum Gasteiger partial charge on any atom is -0.508 e. The second kappa shape index (κ2) is 12.9.